The first-order chi connectivity index (χ1) is 12.3. The van der Waals surface area contributed by atoms with Gasteiger partial charge in [-0.25, -0.2) is 14.0 Å². The Morgan fingerprint density at radius 1 is 1.23 bits per heavy atom. The molecule has 0 saturated carbocycles. The van der Waals surface area contributed by atoms with Gasteiger partial charge in [0.2, 0.25) is 0 Å². The smallest absolute Gasteiger partial charge is 0.350 e. The van der Waals surface area contributed by atoms with E-state index >= 15 is 0 Å². The summed E-state index contributed by atoms with van der Waals surface area (Å²) in [5.41, 5.74) is 0.390. The molecule has 8 heteroatoms. The molecular weight excluding hydrogens is 343 g/mol. The third-order valence-electron chi connectivity index (χ3n) is 4.27. The second kappa shape index (κ2) is 6.95. The summed E-state index contributed by atoms with van der Waals surface area (Å²) in [5, 5.41) is 12.3. The van der Waals surface area contributed by atoms with Gasteiger partial charge < -0.3 is 24.8 Å². The molecule has 0 atom stereocenters. The number of aliphatic hydroxyl groups is 1. The number of anilines is 2. The van der Waals surface area contributed by atoms with Crippen LogP contribution >= 0.6 is 0 Å². The standard InChI is InChI=1S/C18H21FN2O5/c1-18(2)25-16(23)12(17(24)26-18)10-20-15-13(19)4-3-5-14(15)21-8-6-11(22)7-9-21/h3-5,10-11,20,22H,6-9H2,1-2H3. The number of rotatable bonds is 3. The van der Waals surface area contributed by atoms with Gasteiger partial charge in [0.1, 0.15) is 5.82 Å². The zero-order valence-corrected chi connectivity index (χ0v) is 14.6. The van der Waals surface area contributed by atoms with Crippen molar-refractivity contribution in [2.45, 2.75) is 38.6 Å². The second-order valence-electron chi connectivity index (χ2n) is 6.73. The van der Waals surface area contributed by atoms with E-state index in [0.717, 1.165) is 6.20 Å². The Kier molecular flexibility index (Phi) is 4.86. The fraction of sp³-hybridized carbons (Fsp3) is 0.444. The average Bonchev–Trinajstić information content (AvgIpc) is 2.55. The van der Waals surface area contributed by atoms with E-state index < -0.39 is 23.5 Å². The quantitative estimate of drug-likeness (QED) is 0.481. The molecule has 0 unspecified atom stereocenters. The molecule has 0 amide bonds. The van der Waals surface area contributed by atoms with Gasteiger partial charge in [0, 0.05) is 33.1 Å². The molecule has 140 valence electrons. The van der Waals surface area contributed by atoms with Gasteiger partial charge in [-0.1, -0.05) is 6.07 Å². The van der Waals surface area contributed by atoms with E-state index in [1.165, 1.54) is 19.9 Å². The molecule has 2 aliphatic rings. The number of ether oxygens (including phenoxy) is 2. The van der Waals surface area contributed by atoms with Crippen LogP contribution in [0.3, 0.4) is 0 Å². The molecule has 7 nitrogen and oxygen atoms in total. The summed E-state index contributed by atoms with van der Waals surface area (Å²) in [6, 6.07) is 4.60. The number of nitrogens with one attached hydrogen (secondary N) is 1. The van der Waals surface area contributed by atoms with E-state index in [-0.39, 0.29) is 17.4 Å². The molecule has 0 radical (unpaired) electrons. The lowest BCUT2D eigenvalue weighted by atomic mass is 10.1. The zero-order chi connectivity index (χ0) is 18.9. The van der Waals surface area contributed by atoms with Crippen LogP contribution in [0.15, 0.2) is 30.0 Å². The molecule has 2 N–H and O–H groups in total. The number of hydrogen-bond donors (Lipinski definition) is 2. The van der Waals surface area contributed by atoms with Crippen LogP contribution in [0.5, 0.6) is 0 Å². The minimum absolute atomic E-state index is 0.141. The molecule has 2 heterocycles. The molecule has 0 spiro atoms. The molecule has 2 aliphatic heterocycles. The van der Waals surface area contributed by atoms with Gasteiger partial charge in [-0.2, -0.15) is 0 Å². The Hall–Kier alpha value is -2.61. The van der Waals surface area contributed by atoms with Crippen molar-refractivity contribution in [3.05, 3.63) is 35.8 Å². The van der Waals surface area contributed by atoms with Crippen molar-refractivity contribution in [2.24, 2.45) is 0 Å². The zero-order valence-electron chi connectivity index (χ0n) is 14.6. The van der Waals surface area contributed by atoms with Crippen LogP contribution in [0, 0.1) is 5.82 Å². The van der Waals surface area contributed by atoms with Gasteiger partial charge >= 0.3 is 11.9 Å². The van der Waals surface area contributed by atoms with Crippen molar-refractivity contribution in [1.29, 1.82) is 0 Å². The Balaban J connectivity index is 1.84. The molecule has 26 heavy (non-hydrogen) atoms. The summed E-state index contributed by atoms with van der Waals surface area (Å²) in [5.74, 6) is -3.53. The van der Waals surface area contributed by atoms with Crippen molar-refractivity contribution >= 4 is 23.3 Å². The summed E-state index contributed by atoms with van der Waals surface area (Å²) in [4.78, 5) is 25.9. The molecule has 1 aromatic carbocycles. The lowest BCUT2D eigenvalue weighted by Crippen LogP contribution is -2.42. The maximum Gasteiger partial charge on any atom is 0.350 e. The van der Waals surface area contributed by atoms with E-state index in [1.807, 2.05) is 4.90 Å². The third-order valence-corrected chi connectivity index (χ3v) is 4.27. The number of piperidine rings is 1. The normalized spacial score (nSPS) is 20.5. The number of benzene rings is 1. The molecular formula is C18H21FN2O5. The van der Waals surface area contributed by atoms with Gasteiger partial charge in [-0.05, 0) is 25.0 Å². The number of aliphatic hydroxyl groups excluding tert-OH is 1. The fourth-order valence-electron chi connectivity index (χ4n) is 2.95. The Labute approximate surface area is 150 Å². The van der Waals surface area contributed by atoms with E-state index in [0.29, 0.717) is 31.6 Å². The molecule has 3 rings (SSSR count). The van der Waals surface area contributed by atoms with E-state index in [4.69, 9.17) is 9.47 Å². The number of halogens is 1. The average molecular weight is 364 g/mol. The predicted octanol–water partition coefficient (Wildman–Crippen LogP) is 1.92. The summed E-state index contributed by atoms with van der Waals surface area (Å²) in [6.45, 7) is 4.06. The minimum Gasteiger partial charge on any atom is -0.419 e. The minimum atomic E-state index is -1.33. The van der Waals surface area contributed by atoms with Crippen LogP contribution in [-0.2, 0) is 19.1 Å². The van der Waals surface area contributed by atoms with Gasteiger partial charge in [0.25, 0.3) is 5.79 Å². The van der Waals surface area contributed by atoms with Crippen molar-refractivity contribution in [3.8, 4) is 0 Å². The number of para-hydroxylation sites is 1. The SMILES string of the molecule is CC1(C)OC(=O)C(=CNc2c(F)cccc2N2CCC(O)CC2)C(=O)O1. The van der Waals surface area contributed by atoms with Gasteiger partial charge in [0.05, 0.1) is 17.5 Å². The van der Waals surface area contributed by atoms with Crippen LogP contribution in [0.1, 0.15) is 26.7 Å². The number of carbonyl (C=O) groups is 2. The summed E-state index contributed by atoms with van der Waals surface area (Å²) in [7, 11) is 0. The second-order valence-corrected chi connectivity index (χ2v) is 6.73. The number of esters is 2. The Morgan fingerprint density at radius 2 is 1.85 bits per heavy atom. The van der Waals surface area contributed by atoms with Crippen molar-refractivity contribution in [3.63, 3.8) is 0 Å². The summed E-state index contributed by atoms with van der Waals surface area (Å²) >= 11 is 0. The van der Waals surface area contributed by atoms with E-state index in [1.54, 1.807) is 12.1 Å². The number of hydrogen-bond acceptors (Lipinski definition) is 7. The molecule has 1 aromatic rings. The van der Waals surface area contributed by atoms with Crippen molar-refractivity contribution in [2.75, 3.05) is 23.3 Å². The lowest BCUT2D eigenvalue weighted by molar-refractivity contribution is -0.222. The maximum atomic E-state index is 14.4. The lowest BCUT2D eigenvalue weighted by Gasteiger charge is -2.33. The molecule has 0 aromatic heterocycles. The molecule has 0 bridgehead atoms. The van der Waals surface area contributed by atoms with E-state index in [2.05, 4.69) is 5.32 Å². The van der Waals surface area contributed by atoms with Gasteiger partial charge in [-0.3, -0.25) is 0 Å². The monoisotopic (exact) mass is 364 g/mol. The maximum absolute atomic E-state index is 14.4. The van der Waals surface area contributed by atoms with Crippen LogP contribution in [0.4, 0.5) is 15.8 Å². The number of cyclic esters (lactones) is 2. The third kappa shape index (κ3) is 3.80. The van der Waals surface area contributed by atoms with E-state index in [9.17, 15) is 19.1 Å². The van der Waals surface area contributed by atoms with Crippen LogP contribution in [-0.4, -0.2) is 42.0 Å². The van der Waals surface area contributed by atoms with Crippen LogP contribution < -0.4 is 10.2 Å². The van der Waals surface area contributed by atoms with Gasteiger partial charge in [-0.15, -0.1) is 0 Å². The first-order valence-corrected chi connectivity index (χ1v) is 8.42. The highest BCUT2D eigenvalue weighted by atomic mass is 19.1. The fourth-order valence-corrected chi connectivity index (χ4v) is 2.95. The highest BCUT2D eigenvalue weighted by Gasteiger charge is 2.39. The van der Waals surface area contributed by atoms with Crippen molar-refractivity contribution in [1.82, 2.24) is 0 Å². The first kappa shape index (κ1) is 18.2. The molecule has 0 aliphatic carbocycles. The van der Waals surface area contributed by atoms with Crippen LogP contribution in [0.25, 0.3) is 0 Å². The first-order valence-electron chi connectivity index (χ1n) is 8.42. The molecule has 2 fully saturated rings. The highest BCUT2D eigenvalue weighted by molar-refractivity contribution is 6.15. The van der Waals surface area contributed by atoms with Gasteiger partial charge in [0.15, 0.2) is 5.57 Å². The number of carbonyl (C=O) groups excluding carboxylic acids is 2. The summed E-state index contributed by atoms with van der Waals surface area (Å²) < 4.78 is 24.4. The van der Waals surface area contributed by atoms with Crippen molar-refractivity contribution < 1.29 is 28.6 Å². The predicted molar refractivity (Wildman–Crippen MR) is 91.8 cm³/mol. The Morgan fingerprint density at radius 3 is 2.46 bits per heavy atom. The number of nitrogens with zero attached hydrogens (tertiary/aromatic N) is 1. The summed E-state index contributed by atoms with van der Waals surface area (Å²) in [6.07, 6.45) is 1.92. The highest BCUT2D eigenvalue weighted by Crippen LogP contribution is 2.31. The molecule has 2 saturated heterocycles. The topological polar surface area (TPSA) is 88.1 Å². The largest absolute Gasteiger partial charge is 0.419 e. The van der Waals surface area contributed by atoms with Crippen LogP contribution in [0.2, 0.25) is 0 Å². The Bertz CT molecular complexity index is 732.